The van der Waals surface area contributed by atoms with Crippen molar-refractivity contribution < 1.29 is 14.3 Å². The second-order valence-corrected chi connectivity index (χ2v) is 5.14. The molecule has 0 unspecified atom stereocenters. The van der Waals surface area contributed by atoms with Gasteiger partial charge in [-0.2, -0.15) is 0 Å². The van der Waals surface area contributed by atoms with E-state index in [4.69, 9.17) is 9.47 Å². The Labute approximate surface area is 112 Å². The van der Waals surface area contributed by atoms with Crippen LogP contribution in [0.5, 0.6) is 5.88 Å². The molecule has 0 spiro atoms. The Morgan fingerprint density at radius 3 is 3.11 bits per heavy atom. The van der Waals surface area contributed by atoms with Gasteiger partial charge in [-0.25, -0.2) is 4.98 Å². The Bertz CT molecular complexity index is 454. The third-order valence-electron chi connectivity index (χ3n) is 3.42. The maximum absolute atomic E-state index is 11.9. The fourth-order valence-corrected chi connectivity index (χ4v) is 2.05. The van der Waals surface area contributed by atoms with Crippen LogP contribution in [0.25, 0.3) is 0 Å². The second-order valence-electron chi connectivity index (χ2n) is 5.14. The summed E-state index contributed by atoms with van der Waals surface area (Å²) in [5.41, 5.74) is 0.601. The number of rotatable bonds is 5. The molecule has 1 aromatic rings. The lowest BCUT2D eigenvalue weighted by molar-refractivity contribution is 0.0950. The molecule has 1 N–H and O–H groups in total. The average molecular weight is 262 g/mol. The Morgan fingerprint density at radius 1 is 1.47 bits per heavy atom. The van der Waals surface area contributed by atoms with E-state index in [0.717, 1.165) is 19.6 Å². The summed E-state index contributed by atoms with van der Waals surface area (Å²) in [4.78, 5) is 16.1. The van der Waals surface area contributed by atoms with Crippen LogP contribution in [0, 0.1) is 5.92 Å². The lowest BCUT2D eigenvalue weighted by Gasteiger charge is -2.11. The number of pyridine rings is 1. The van der Waals surface area contributed by atoms with Crippen LogP contribution in [-0.4, -0.2) is 36.8 Å². The van der Waals surface area contributed by atoms with E-state index in [1.165, 1.54) is 12.8 Å². The highest BCUT2D eigenvalue weighted by Crippen LogP contribution is 2.27. The quantitative estimate of drug-likeness (QED) is 0.871. The van der Waals surface area contributed by atoms with Gasteiger partial charge < -0.3 is 14.8 Å². The summed E-state index contributed by atoms with van der Waals surface area (Å²) in [6, 6.07) is 3.40. The summed E-state index contributed by atoms with van der Waals surface area (Å²) in [6.07, 6.45) is 4.99. The first-order chi connectivity index (χ1) is 9.31. The minimum atomic E-state index is -0.0539. The lowest BCUT2D eigenvalue weighted by Crippen LogP contribution is -2.25. The minimum Gasteiger partial charge on any atom is -0.472 e. The van der Waals surface area contributed by atoms with Crippen LogP contribution in [0.4, 0.5) is 0 Å². The Morgan fingerprint density at radius 2 is 2.37 bits per heavy atom. The number of hydrogen-bond donors (Lipinski definition) is 1. The van der Waals surface area contributed by atoms with Crippen LogP contribution in [0.1, 0.15) is 29.6 Å². The fourth-order valence-electron chi connectivity index (χ4n) is 2.05. The molecular formula is C14H18N2O3. The zero-order valence-electron chi connectivity index (χ0n) is 10.8. The summed E-state index contributed by atoms with van der Waals surface area (Å²) in [7, 11) is 0. The SMILES string of the molecule is O=C(NCC1CC1)c1ccnc(O[C@H]2CCOC2)c1. The molecule has 1 atom stereocenters. The van der Waals surface area contributed by atoms with E-state index in [2.05, 4.69) is 10.3 Å². The van der Waals surface area contributed by atoms with Crippen LogP contribution in [-0.2, 0) is 4.74 Å². The van der Waals surface area contributed by atoms with Gasteiger partial charge in [0.25, 0.3) is 5.91 Å². The van der Waals surface area contributed by atoms with Gasteiger partial charge in [0.15, 0.2) is 0 Å². The first kappa shape index (κ1) is 12.4. The Balaban J connectivity index is 1.59. The predicted molar refractivity (Wildman–Crippen MR) is 69.1 cm³/mol. The zero-order chi connectivity index (χ0) is 13.1. The van der Waals surface area contributed by atoms with E-state index in [0.29, 0.717) is 24.0 Å². The third-order valence-corrected chi connectivity index (χ3v) is 3.42. The van der Waals surface area contributed by atoms with Gasteiger partial charge in [0.05, 0.1) is 13.2 Å². The van der Waals surface area contributed by atoms with Gasteiger partial charge in [-0.15, -0.1) is 0 Å². The van der Waals surface area contributed by atoms with E-state index in [9.17, 15) is 4.79 Å². The van der Waals surface area contributed by atoms with Crippen LogP contribution in [0.2, 0.25) is 0 Å². The molecule has 0 aromatic carbocycles. The molecule has 1 saturated carbocycles. The summed E-state index contributed by atoms with van der Waals surface area (Å²) < 4.78 is 10.9. The molecule has 2 heterocycles. The molecule has 5 nitrogen and oxygen atoms in total. The summed E-state index contributed by atoms with van der Waals surface area (Å²) in [5, 5.41) is 2.93. The zero-order valence-corrected chi connectivity index (χ0v) is 10.8. The van der Waals surface area contributed by atoms with Crippen LogP contribution in [0.3, 0.4) is 0 Å². The molecule has 0 radical (unpaired) electrons. The highest BCUT2D eigenvalue weighted by molar-refractivity contribution is 5.94. The number of ether oxygens (including phenoxy) is 2. The molecular weight excluding hydrogens is 244 g/mol. The van der Waals surface area contributed by atoms with Crippen molar-refractivity contribution in [2.45, 2.75) is 25.4 Å². The number of aromatic nitrogens is 1. The molecule has 1 aliphatic carbocycles. The van der Waals surface area contributed by atoms with Crippen molar-refractivity contribution in [1.82, 2.24) is 10.3 Å². The standard InChI is InChI=1S/C14H18N2O3/c17-14(16-8-10-1-2-10)11-3-5-15-13(7-11)19-12-4-6-18-9-12/h3,5,7,10,12H,1-2,4,6,8-9H2,(H,16,17)/t12-/m0/s1. The highest BCUT2D eigenvalue weighted by Gasteiger charge is 2.22. The molecule has 102 valence electrons. The van der Waals surface area contributed by atoms with Crippen molar-refractivity contribution in [3.05, 3.63) is 23.9 Å². The van der Waals surface area contributed by atoms with Gasteiger partial charge in [0.1, 0.15) is 6.10 Å². The molecule has 5 heteroatoms. The number of nitrogens with zero attached hydrogens (tertiary/aromatic N) is 1. The van der Waals surface area contributed by atoms with Crippen LogP contribution in [0.15, 0.2) is 18.3 Å². The number of carbonyl (C=O) groups excluding carboxylic acids is 1. The van der Waals surface area contributed by atoms with Gasteiger partial charge in [0, 0.05) is 30.8 Å². The van der Waals surface area contributed by atoms with E-state index >= 15 is 0 Å². The predicted octanol–water partition coefficient (Wildman–Crippen LogP) is 1.39. The first-order valence-electron chi connectivity index (χ1n) is 6.80. The van der Waals surface area contributed by atoms with Crippen LogP contribution < -0.4 is 10.1 Å². The van der Waals surface area contributed by atoms with Crippen molar-refractivity contribution in [2.75, 3.05) is 19.8 Å². The Hall–Kier alpha value is -1.62. The molecule has 19 heavy (non-hydrogen) atoms. The Kier molecular flexibility index (Phi) is 3.64. The maximum atomic E-state index is 11.9. The topological polar surface area (TPSA) is 60.5 Å². The van der Waals surface area contributed by atoms with Crippen molar-refractivity contribution in [3.8, 4) is 5.88 Å². The lowest BCUT2D eigenvalue weighted by atomic mass is 10.2. The average Bonchev–Trinajstić information content (AvgIpc) is 3.13. The molecule has 3 rings (SSSR count). The van der Waals surface area contributed by atoms with E-state index in [-0.39, 0.29) is 12.0 Å². The maximum Gasteiger partial charge on any atom is 0.251 e. The van der Waals surface area contributed by atoms with Gasteiger partial charge >= 0.3 is 0 Å². The molecule has 1 aromatic heterocycles. The van der Waals surface area contributed by atoms with Crippen molar-refractivity contribution in [1.29, 1.82) is 0 Å². The number of amides is 1. The largest absolute Gasteiger partial charge is 0.472 e. The van der Waals surface area contributed by atoms with Crippen molar-refractivity contribution in [3.63, 3.8) is 0 Å². The van der Waals surface area contributed by atoms with Crippen molar-refractivity contribution in [2.24, 2.45) is 5.92 Å². The molecule has 0 bridgehead atoms. The first-order valence-corrected chi connectivity index (χ1v) is 6.80. The minimum absolute atomic E-state index is 0.0530. The summed E-state index contributed by atoms with van der Waals surface area (Å²) in [5.74, 6) is 1.12. The smallest absolute Gasteiger partial charge is 0.251 e. The third kappa shape index (κ3) is 3.44. The van der Waals surface area contributed by atoms with E-state index in [1.54, 1.807) is 18.3 Å². The molecule has 1 aliphatic heterocycles. The van der Waals surface area contributed by atoms with E-state index < -0.39 is 0 Å². The number of carbonyl (C=O) groups is 1. The highest BCUT2D eigenvalue weighted by atomic mass is 16.5. The van der Waals surface area contributed by atoms with Gasteiger partial charge in [-0.3, -0.25) is 4.79 Å². The van der Waals surface area contributed by atoms with Gasteiger partial charge in [-0.05, 0) is 24.8 Å². The number of hydrogen-bond acceptors (Lipinski definition) is 4. The number of nitrogens with one attached hydrogen (secondary N) is 1. The normalized spacial score (nSPS) is 22.2. The van der Waals surface area contributed by atoms with Gasteiger partial charge in [-0.1, -0.05) is 0 Å². The van der Waals surface area contributed by atoms with Gasteiger partial charge in [0.2, 0.25) is 5.88 Å². The monoisotopic (exact) mass is 262 g/mol. The molecule has 2 aliphatic rings. The fraction of sp³-hybridized carbons (Fsp3) is 0.571. The summed E-state index contributed by atoms with van der Waals surface area (Å²) in [6.45, 7) is 2.10. The van der Waals surface area contributed by atoms with Crippen molar-refractivity contribution >= 4 is 5.91 Å². The molecule has 1 saturated heterocycles. The van der Waals surface area contributed by atoms with E-state index in [1.807, 2.05) is 0 Å². The molecule has 2 fully saturated rings. The summed E-state index contributed by atoms with van der Waals surface area (Å²) >= 11 is 0. The molecule has 1 amide bonds. The second kappa shape index (κ2) is 5.57. The van der Waals surface area contributed by atoms with Crippen LogP contribution >= 0.6 is 0 Å².